The van der Waals surface area contributed by atoms with Crippen molar-refractivity contribution in [3.63, 3.8) is 0 Å². The van der Waals surface area contributed by atoms with Gasteiger partial charge in [-0.25, -0.2) is 0 Å². The summed E-state index contributed by atoms with van der Waals surface area (Å²) in [6, 6.07) is 5.36. The summed E-state index contributed by atoms with van der Waals surface area (Å²) >= 11 is 11.9. The first-order valence-corrected chi connectivity index (χ1v) is 6.12. The molecule has 0 bridgehead atoms. The molecule has 0 saturated carbocycles. The lowest BCUT2D eigenvalue weighted by Crippen LogP contribution is -2.23. The normalized spacial score (nSPS) is 22.3. The Morgan fingerprint density at radius 1 is 1.44 bits per heavy atom. The fourth-order valence-corrected chi connectivity index (χ4v) is 2.42. The van der Waals surface area contributed by atoms with Crippen molar-refractivity contribution in [2.45, 2.75) is 18.9 Å². The second kappa shape index (κ2) is 5.37. The molecule has 2 unspecified atom stereocenters. The lowest BCUT2D eigenvalue weighted by atomic mass is 9.95. The molecule has 1 aromatic rings. The third kappa shape index (κ3) is 2.89. The third-order valence-electron chi connectivity index (χ3n) is 2.95. The number of aliphatic hydroxyl groups excluding tert-OH is 1. The molecule has 1 N–H and O–H groups in total. The SMILES string of the molecule is OC(Cc1ccc(Cl)cc1Cl)C1CCOC1. The molecule has 88 valence electrons. The fraction of sp³-hybridized carbons (Fsp3) is 0.500. The van der Waals surface area contributed by atoms with Crippen LogP contribution in [0.1, 0.15) is 12.0 Å². The number of rotatable bonds is 3. The summed E-state index contributed by atoms with van der Waals surface area (Å²) in [6.07, 6.45) is 1.09. The van der Waals surface area contributed by atoms with Crippen molar-refractivity contribution in [2.75, 3.05) is 13.2 Å². The van der Waals surface area contributed by atoms with Gasteiger partial charge in [-0.2, -0.15) is 0 Å². The number of hydrogen-bond donors (Lipinski definition) is 1. The Morgan fingerprint density at radius 2 is 2.25 bits per heavy atom. The van der Waals surface area contributed by atoms with Gasteiger partial charge in [0.15, 0.2) is 0 Å². The molecule has 0 aromatic heterocycles. The first-order valence-electron chi connectivity index (χ1n) is 5.36. The maximum absolute atomic E-state index is 10.0. The molecule has 4 heteroatoms. The quantitative estimate of drug-likeness (QED) is 0.906. The van der Waals surface area contributed by atoms with Crippen molar-refractivity contribution in [1.82, 2.24) is 0 Å². The van der Waals surface area contributed by atoms with Crippen LogP contribution in [0, 0.1) is 5.92 Å². The van der Waals surface area contributed by atoms with E-state index in [0.29, 0.717) is 23.1 Å². The molecule has 2 rings (SSSR count). The Bertz CT molecular complexity index is 362. The Kier molecular flexibility index (Phi) is 4.09. The van der Waals surface area contributed by atoms with E-state index in [1.807, 2.05) is 6.07 Å². The Balaban J connectivity index is 2.02. The zero-order valence-corrected chi connectivity index (χ0v) is 10.3. The zero-order valence-electron chi connectivity index (χ0n) is 8.83. The van der Waals surface area contributed by atoms with Crippen LogP contribution in [0.2, 0.25) is 10.0 Å². The minimum Gasteiger partial charge on any atom is -0.392 e. The van der Waals surface area contributed by atoms with E-state index in [0.717, 1.165) is 18.6 Å². The van der Waals surface area contributed by atoms with Gasteiger partial charge in [0.2, 0.25) is 0 Å². The topological polar surface area (TPSA) is 29.5 Å². The minimum atomic E-state index is -0.388. The van der Waals surface area contributed by atoms with Crippen molar-refractivity contribution in [3.05, 3.63) is 33.8 Å². The third-order valence-corrected chi connectivity index (χ3v) is 3.54. The molecule has 0 amide bonds. The van der Waals surface area contributed by atoms with Crippen LogP contribution in [0.15, 0.2) is 18.2 Å². The number of aliphatic hydroxyl groups is 1. The lowest BCUT2D eigenvalue weighted by Gasteiger charge is -2.17. The molecule has 1 heterocycles. The van der Waals surface area contributed by atoms with Crippen LogP contribution in [0.25, 0.3) is 0 Å². The maximum atomic E-state index is 10.0. The van der Waals surface area contributed by atoms with E-state index in [-0.39, 0.29) is 12.0 Å². The molecule has 0 aliphatic carbocycles. The molecule has 1 fully saturated rings. The van der Waals surface area contributed by atoms with E-state index in [4.69, 9.17) is 27.9 Å². The predicted molar refractivity (Wildman–Crippen MR) is 65.1 cm³/mol. The summed E-state index contributed by atoms with van der Waals surface area (Å²) in [5.41, 5.74) is 0.936. The van der Waals surface area contributed by atoms with Crippen LogP contribution < -0.4 is 0 Å². The van der Waals surface area contributed by atoms with Crippen molar-refractivity contribution in [3.8, 4) is 0 Å². The van der Waals surface area contributed by atoms with Crippen LogP contribution in [0.4, 0.5) is 0 Å². The average molecular weight is 261 g/mol. The second-order valence-electron chi connectivity index (χ2n) is 4.13. The van der Waals surface area contributed by atoms with Gasteiger partial charge < -0.3 is 9.84 Å². The largest absolute Gasteiger partial charge is 0.392 e. The van der Waals surface area contributed by atoms with Gasteiger partial charge in [0, 0.05) is 29.0 Å². The van der Waals surface area contributed by atoms with Crippen LogP contribution in [0.5, 0.6) is 0 Å². The highest BCUT2D eigenvalue weighted by Gasteiger charge is 2.24. The van der Waals surface area contributed by atoms with Gasteiger partial charge in [0.25, 0.3) is 0 Å². The van der Waals surface area contributed by atoms with Crippen LogP contribution in [0.3, 0.4) is 0 Å². The molecule has 1 aromatic carbocycles. The summed E-state index contributed by atoms with van der Waals surface area (Å²) in [5, 5.41) is 11.3. The maximum Gasteiger partial charge on any atom is 0.0632 e. The molecule has 0 spiro atoms. The molecule has 2 atom stereocenters. The van der Waals surface area contributed by atoms with Crippen molar-refractivity contribution >= 4 is 23.2 Å². The summed E-state index contributed by atoms with van der Waals surface area (Å²) in [5.74, 6) is 0.228. The zero-order chi connectivity index (χ0) is 11.5. The minimum absolute atomic E-state index is 0.228. The highest BCUT2D eigenvalue weighted by molar-refractivity contribution is 6.35. The van der Waals surface area contributed by atoms with Crippen LogP contribution >= 0.6 is 23.2 Å². The smallest absolute Gasteiger partial charge is 0.0632 e. The first kappa shape index (κ1) is 12.2. The number of benzene rings is 1. The number of ether oxygens (including phenoxy) is 1. The standard InChI is InChI=1S/C12H14Cl2O2/c13-10-2-1-8(11(14)6-10)5-12(15)9-3-4-16-7-9/h1-2,6,9,12,15H,3-5,7H2. The van der Waals surface area contributed by atoms with Crippen molar-refractivity contribution < 1.29 is 9.84 Å². The van der Waals surface area contributed by atoms with E-state index < -0.39 is 0 Å². The number of halogens is 2. The number of hydrogen-bond acceptors (Lipinski definition) is 2. The van der Waals surface area contributed by atoms with E-state index in [1.165, 1.54) is 0 Å². The van der Waals surface area contributed by atoms with E-state index >= 15 is 0 Å². The van der Waals surface area contributed by atoms with E-state index in [2.05, 4.69) is 0 Å². The van der Waals surface area contributed by atoms with Gasteiger partial charge in [0.1, 0.15) is 0 Å². The predicted octanol–water partition coefficient (Wildman–Crippen LogP) is 2.93. The lowest BCUT2D eigenvalue weighted by molar-refractivity contribution is 0.0919. The Morgan fingerprint density at radius 3 is 2.88 bits per heavy atom. The molecule has 2 nitrogen and oxygen atoms in total. The summed E-state index contributed by atoms with van der Waals surface area (Å²) < 4.78 is 5.25. The molecular weight excluding hydrogens is 247 g/mol. The monoisotopic (exact) mass is 260 g/mol. The highest BCUT2D eigenvalue weighted by Crippen LogP contribution is 2.25. The summed E-state index contributed by atoms with van der Waals surface area (Å²) in [7, 11) is 0. The van der Waals surface area contributed by atoms with Crippen molar-refractivity contribution in [2.24, 2.45) is 5.92 Å². The fourth-order valence-electron chi connectivity index (χ4n) is 1.94. The van der Waals surface area contributed by atoms with Gasteiger partial charge in [-0.15, -0.1) is 0 Å². The summed E-state index contributed by atoms with van der Waals surface area (Å²) in [6.45, 7) is 1.39. The van der Waals surface area contributed by atoms with Gasteiger partial charge >= 0.3 is 0 Å². The highest BCUT2D eigenvalue weighted by atomic mass is 35.5. The molecule has 16 heavy (non-hydrogen) atoms. The van der Waals surface area contributed by atoms with Gasteiger partial charge in [-0.3, -0.25) is 0 Å². The summed E-state index contributed by atoms with van der Waals surface area (Å²) in [4.78, 5) is 0. The molecule has 1 aliphatic rings. The Hall–Kier alpha value is -0.280. The van der Waals surface area contributed by atoms with Crippen LogP contribution in [-0.2, 0) is 11.2 Å². The van der Waals surface area contributed by atoms with Crippen LogP contribution in [-0.4, -0.2) is 24.4 Å². The Labute approximate surface area is 105 Å². The van der Waals surface area contributed by atoms with E-state index in [9.17, 15) is 5.11 Å². The van der Waals surface area contributed by atoms with Gasteiger partial charge in [-0.1, -0.05) is 29.3 Å². The van der Waals surface area contributed by atoms with Gasteiger partial charge in [-0.05, 0) is 24.1 Å². The molecular formula is C12H14Cl2O2. The second-order valence-corrected chi connectivity index (χ2v) is 4.97. The molecule has 1 aliphatic heterocycles. The first-order chi connectivity index (χ1) is 7.66. The molecule has 1 saturated heterocycles. The van der Waals surface area contributed by atoms with Crippen molar-refractivity contribution in [1.29, 1.82) is 0 Å². The molecule has 0 radical (unpaired) electrons. The van der Waals surface area contributed by atoms with Gasteiger partial charge in [0.05, 0.1) is 12.7 Å². The van der Waals surface area contributed by atoms with E-state index in [1.54, 1.807) is 12.1 Å². The average Bonchev–Trinajstić information content (AvgIpc) is 2.75.